The van der Waals surface area contributed by atoms with Crippen LogP contribution in [0.15, 0.2) is 24.3 Å². The van der Waals surface area contributed by atoms with E-state index >= 15 is 0 Å². The molecule has 17 heavy (non-hydrogen) atoms. The molecule has 1 fully saturated rings. The highest BCUT2D eigenvalue weighted by Gasteiger charge is 2.15. The van der Waals surface area contributed by atoms with Gasteiger partial charge in [0.2, 0.25) is 0 Å². The summed E-state index contributed by atoms with van der Waals surface area (Å²) >= 11 is 0. The molecule has 0 bridgehead atoms. The van der Waals surface area contributed by atoms with Gasteiger partial charge in [-0.25, -0.2) is 0 Å². The van der Waals surface area contributed by atoms with Gasteiger partial charge in [-0.3, -0.25) is 0 Å². The fourth-order valence-corrected chi connectivity index (χ4v) is 2.58. The van der Waals surface area contributed by atoms with E-state index in [9.17, 15) is 0 Å². The highest BCUT2D eigenvalue weighted by Crippen LogP contribution is 2.24. The lowest BCUT2D eigenvalue weighted by Gasteiger charge is -2.22. The van der Waals surface area contributed by atoms with Crippen LogP contribution in [0, 0.1) is 17.2 Å². The van der Waals surface area contributed by atoms with Crippen molar-refractivity contribution in [3.63, 3.8) is 0 Å². The van der Waals surface area contributed by atoms with Gasteiger partial charge in [0.05, 0.1) is 11.6 Å². The Balaban J connectivity index is 2.04. The second-order valence-corrected chi connectivity index (χ2v) is 4.85. The molecular formula is C15H20N2. The molecule has 1 atom stereocenters. The standard InChI is InChI=1S/C15H20N2/c1-2-13-4-3-10-17(11-9-13)15-7-5-14(12-16)6-8-15/h5-8,13H,2-4,9-11H2,1H3. The average Bonchev–Trinajstić information content (AvgIpc) is 2.64. The molecule has 0 amide bonds. The predicted molar refractivity (Wildman–Crippen MR) is 71.0 cm³/mol. The molecule has 1 aromatic carbocycles. The smallest absolute Gasteiger partial charge is 0.0991 e. The van der Waals surface area contributed by atoms with E-state index in [1.54, 1.807) is 0 Å². The van der Waals surface area contributed by atoms with Gasteiger partial charge in [0.15, 0.2) is 0 Å². The molecule has 0 N–H and O–H groups in total. The zero-order valence-corrected chi connectivity index (χ0v) is 10.5. The van der Waals surface area contributed by atoms with Gasteiger partial charge in [0.25, 0.3) is 0 Å². The van der Waals surface area contributed by atoms with Crippen molar-refractivity contribution in [1.82, 2.24) is 0 Å². The van der Waals surface area contributed by atoms with E-state index in [1.807, 2.05) is 12.1 Å². The maximum absolute atomic E-state index is 8.79. The van der Waals surface area contributed by atoms with Crippen molar-refractivity contribution in [2.24, 2.45) is 5.92 Å². The first-order valence-electron chi connectivity index (χ1n) is 6.58. The van der Waals surface area contributed by atoms with Crippen molar-refractivity contribution in [2.45, 2.75) is 32.6 Å². The molecule has 90 valence electrons. The molecule has 1 heterocycles. The van der Waals surface area contributed by atoms with Crippen LogP contribution in [0.1, 0.15) is 38.2 Å². The Morgan fingerprint density at radius 3 is 2.65 bits per heavy atom. The Morgan fingerprint density at radius 2 is 2.00 bits per heavy atom. The van der Waals surface area contributed by atoms with Crippen LogP contribution in [0.4, 0.5) is 5.69 Å². The van der Waals surface area contributed by atoms with Gasteiger partial charge >= 0.3 is 0 Å². The number of nitrogens with zero attached hydrogens (tertiary/aromatic N) is 2. The van der Waals surface area contributed by atoms with Gasteiger partial charge in [-0.15, -0.1) is 0 Å². The summed E-state index contributed by atoms with van der Waals surface area (Å²) in [4.78, 5) is 2.46. The Kier molecular flexibility index (Phi) is 4.03. The largest absolute Gasteiger partial charge is 0.372 e. The van der Waals surface area contributed by atoms with Crippen LogP contribution >= 0.6 is 0 Å². The zero-order valence-electron chi connectivity index (χ0n) is 10.5. The topological polar surface area (TPSA) is 27.0 Å². The molecule has 2 heteroatoms. The molecule has 1 aromatic rings. The summed E-state index contributed by atoms with van der Waals surface area (Å²) in [6.45, 7) is 4.61. The minimum Gasteiger partial charge on any atom is -0.372 e. The van der Waals surface area contributed by atoms with E-state index in [-0.39, 0.29) is 0 Å². The van der Waals surface area contributed by atoms with E-state index in [2.05, 4.69) is 30.0 Å². The highest BCUT2D eigenvalue weighted by atomic mass is 15.1. The third kappa shape index (κ3) is 3.00. The van der Waals surface area contributed by atoms with Gasteiger partial charge in [0.1, 0.15) is 0 Å². The predicted octanol–water partition coefficient (Wildman–Crippen LogP) is 3.57. The van der Waals surface area contributed by atoms with E-state index in [1.165, 1.54) is 31.4 Å². The molecule has 0 radical (unpaired) electrons. The molecule has 1 aliphatic heterocycles. The van der Waals surface area contributed by atoms with Crippen molar-refractivity contribution in [1.29, 1.82) is 5.26 Å². The van der Waals surface area contributed by atoms with E-state index in [0.717, 1.165) is 24.6 Å². The first-order valence-corrected chi connectivity index (χ1v) is 6.58. The minimum absolute atomic E-state index is 0.745. The second-order valence-electron chi connectivity index (χ2n) is 4.85. The van der Waals surface area contributed by atoms with E-state index in [4.69, 9.17) is 5.26 Å². The van der Waals surface area contributed by atoms with Crippen molar-refractivity contribution < 1.29 is 0 Å². The lowest BCUT2D eigenvalue weighted by atomic mass is 9.98. The molecule has 0 aromatic heterocycles. The maximum atomic E-state index is 8.79. The van der Waals surface area contributed by atoms with Crippen LogP contribution in [-0.2, 0) is 0 Å². The quantitative estimate of drug-likeness (QED) is 0.773. The number of anilines is 1. The average molecular weight is 228 g/mol. The summed E-state index contributed by atoms with van der Waals surface area (Å²) in [7, 11) is 0. The first-order chi connectivity index (χ1) is 8.33. The molecule has 0 aliphatic carbocycles. The van der Waals surface area contributed by atoms with Gasteiger partial charge < -0.3 is 4.90 Å². The Morgan fingerprint density at radius 1 is 1.24 bits per heavy atom. The summed E-state index contributed by atoms with van der Waals surface area (Å²) in [5, 5.41) is 8.79. The second kappa shape index (κ2) is 5.72. The SMILES string of the molecule is CCC1CCCN(c2ccc(C#N)cc2)CC1. The van der Waals surface area contributed by atoms with Crippen molar-refractivity contribution in [3.8, 4) is 6.07 Å². The molecule has 1 saturated heterocycles. The van der Waals surface area contributed by atoms with Crippen molar-refractivity contribution in [3.05, 3.63) is 29.8 Å². The highest BCUT2D eigenvalue weighted by molar-refractivity contribution is 5.49. The number of nitriles is 1. The fourth-order valence-electron chi connectivity index (χ4n) is 2.58. The summed E-state index contributed by atoms with van der Waals surface area (Å²) < 4.78 is 0. The van der Waals surface area contributed by atoms with Gasteiger partial charge in [-0.1, -0.05) is 13.3 Å². The van der Waals surface area contributed by atoms with Crippen LogP contribution in [0.3, 0.4) is 0 Å². The van der Waals surface area contributed by atoms with Crippen LogP contribution in [0.2, 0.25) is 0 Å². The molecule has 0 spiro atoms. The fraction of sp³-hybridized carbons (Fsp3) is 0.533. The van der Waals surface area contributed by atoms with Crippen LogP contribution in [0.5, 0.6) is 0 Å². The van der Waals surface area contributed by atoms with Crippen molar-refractivity contribution >= 4 is 5.69 Å². The maximum Gasteiger partial charge on any atom is 0.0991 e. The summed E-state index contributed by atoms with van der Waals surface area (Å²) in [5.74, 6) is 0.901. The Hall–Kier alpha value is -1.49. The molecule has 2 rings (SSSR count). The van der Waals surface area contributed by atoms with E-state index < -0.39 is 0 Å². The number of rotatable bonds is 2. The van der Waals surface area contributed by atoms with Crippen LogP contribution in [0.25, 0.3) is 0 Å². The minimum atomic E-state index is 0.745. The zero-order chi connectivity index (χ0) is 12.1. The number of benzene rings is 1. The third-order valence-electron chi connectivity index (χ3n) is 3.79. The van der Waals surface area contributed by atoms with Gasteiger partial charge in [0, 0.05) is 18.8 Å². The monoisotopic (exact) mass is 228 g/mol. The molecular weight excluding hydrogens is 208 g/mol. The molecule has 0 saturated carbocycles. The number of hydrogen-bond donors (Lipinski definition) is 0. The van der Waals surface area contributed by atoms with Crippen LogP contribution in [-0.4, -0.2) is 13.1 Å². The molecule has 1 unspecified atom stereocenters. The van der Waals surface area contributed by atoms with Gasteiger partial charge in [-0.2, -0.15) is 5.26 Å². The van der Waals surface area contributed by atoms with Crippen LogP contribution < -0.4 is 4.90 Å². The lowest BCUT2D eigenvalue weighted by Crippen LogP contribution is -2.24. The first kappa shape index (κ1) is 12.0. The Bertz CT molecular complexity index is 388. The Labute approximate surface area is 104 Å². The summed E-state index contributed by atoms with van der Waals surface area (Å²) in [5.41, 5.74) is 2.01. The number of hydrogen-bond acceptors (Lipinski definition) is 2. The summed E-state index contributed by atoms with van der Waals surface area (Å²) in [6.07, 6.45) is 5.26. The summed E-state index contributed by atoms with van der Waals surface area (Å²) in [6, 6.07) is 10.1. The lowest BCUT2D eigenvalue weighted by molar-refractivity contribution is 0.459. The normalized spacial score (nSPS) is 20.7. The van der Waals surface area contributed by atoms with Gasteiger partial charge in [-0.05, 0) is 49.4 Å². The third-order valence-corrected chi connectivity index (χ3v) is 3.79. The molecule has 1 aliphatic rings. The van der Waals surface area contributed by atoms with E-state index in [0.29, 0.717) is 0 Å². The van der Waals surface area contributed by atoms with Crippen molar-refractivity contribution in [2.75, 3.05) is 18.0 Å². The molecule has 2 nitrogen and oxygen atoms in total.